The number of ether oxygens (including phenoxy) is 1. The molecular weight excluding hydrogens is 476 g/mol. The largest absolute Gasteiger partial charge is 0.489 e. The third-order valence-corrected chi connectivity index (χ3v) is 5.27. The summed E-state index contributed by atoms with van der Waals surface area (Å²) < 4.78 is 8.31. The number of nitrogens with zero attached hydrogens (tertiary/aromatic N) is 5. The van der Waals surface area contributed by atoms with Gasteiger partial charge < -0.3 is 10.6 Å². The van der Waals surface area contributed by atoms with E-state index < -0.39 is 23.7 Å². The fourth-order valence-corrected chi connectivity index (χ4v) is 3.48. The number of aromatic nitrogens is 3. The van der Waals surface area contributed by atoms with Gasteiger partial charge in [-0.1, -0.05) is 41.4 Å². The number of aryl methyl sites for hydroxylation is 1. The highest BCUT2D eigenvalue weighted by Gasteiger charge is 2.15. The summed E-state index contributed by atoms with van der Waals surface area (Å²) in [5.74, 6) is 5.53. The SMILES string of the molecule is Cc1ccc(Cn2c(=O)n(CCC(=O)N=O)c(=O)n(N)/c2=N\c2ccc(OC(C)C)c(Cl)c2)cc1. The molecule has 11 nitrogen and oxygen atoms in total. The summed E-state index contributed by atoms with van der Waals surface area (Å²) in [5.41, 5.74) is 0.330. The van der Waals surface area contributed by atoms with Crippen LogP contribution in [0.3, 0.4) is 0 Å². The summed E-state index contributed by atoms with van der Waals surface area (Å²) in [7, 11) is 0. The predicted molar refractivity (Wildman–Crippen MR) is 131 cm³/mol. The maximum absolute atomic E-state index is 13.3. The molecule has 2 aromatic carbocycles. The lowest BCUT2D eigenvalue weighted by molar-refractivity contribution is -0.118. The van der Waals surface area contributed by atoms with E-state index in [-0.39, 0.29) is 24.8 Å². The molecule has 0 aliphatic heterocycles. The van der Waals surface area contributed by atoms with Gasteiger partial charge in [0, 0.05) is 11.7 Å². The van der Waals surface area contributed by atoms with Crippen molar-refractivity contribution >= 4 is 23.2 Å². The van der Waals surface area contributed by atoms with E-state index in [9.17, 15) is 19.3 Å². The molecule has 3 rings (SSSR count). The van der Waals surface area contributed by atoms with E-state index in [0.29, 0.717) is 21.1 Å². The number of carbonyl (C=O) groups excluding carboxylic acids is 1. The second-order valence-electron chi connectivity index (χ2n) is 8.09. The van der Waals surface area contributed by atoms with E-state index in [1.807, 2.05) is 45.0 Å². The van der Waals surface area contributed by atoms with Crippen molar-refractivity contribution in [3.63, 3.8) is 0 Å². The maximum Gasteiger partial charge on any atom is 0.353 e. The van der Waals surface area contributed by atoms with Gasteiger partial charge in [-0.25, -0.2) is 19.1 Å². The van der Waals surface area contributed by atoms with E-state index in [2.05, 4.69) is 10.2 Å². The van der Waals surface area contributed by atoms with Gasteiger partial charge in [0.2, 0.25) is 5.62 Å². The molecule has 1 aromatic heterocycles. The number of amides is 1. The Kier molecular flexibility index (Phi) is 8.02. The molecule has 0 saturated carbocycles. The van der Waals surface area contributed by atoms with Crippen LogP contribution in [0.2, 0.25) is 5.02 Å². The van der Waals surface area contributed by atoms with Crippen LogP contribution in [0.5, 0.6) is 5.75 Å². The molecule has 0 spiro atoms. The summed E-state index contributed by atoms with van der Waals surface area (Å²) in [6.07, 6.45) is -0.512. The number of nitroso groups, excluding NO2 is 1. The molecule has 3 aromatic rings. The highest BCUT2D eigenvalue weighted by atomic mass is 35.5. The monoisotopic (exact) mass is 500 g/mol. The maximum atomic E-state index is 13.3. The Bertz CT molecular complexity index is 1440. The van der Waals surface area contributed by atoms with Gasteiger partial charge in [-0.15, -0.1) is 4.91 Å². The Morgan fingerprint density at radius 1 is 1.09 bits per heavy atom. The van der Waals surface area contributed by atoms with Crippen molar-refractivity contribution in [2.24, 2.45) is 10.2 Å². The lowest BCUT2D eigenvalue weighted by Crippen LogP contribution is -2.57. The molecule has 0 aliphatic carbocycles. The standard InChI is InChI=1S/C23H25ClN6O5/c1-14(2)35-19-9-8-17(12-18(19)24)26-21-29(13-16-6-4-15(3)5-7-16)22(32)28(23(33)30(21)25)11-10-20(31)27-34/h4-9,12,14H,10-11,13,25H2,1-3H3/b26-21-. The minimum Gasteiger partial charge on any atom is -0.489 e. The Hall–Kier alpha value is -3.99. The lowest BCUT2D eigenvalue weighted by atomic mass is 10.1. The van der Waals surface area contributed by atoms with Gasteiger partial charge in [0.25, 0.3) is 5.91 Å². The van der Waals surface area contributed by atoms with E-state index in [1.54, 1.807) is 12.1 Å². The zero-order chi connectivity index (χ0) is 25.7. The molecule has 2 N–H and O–H groups in total. The van der Waals surface area contributed by atoms with Gasteiger partial charge in [0.1, 0.15) is 5.75 Å². The highest BCUT2D eigenvalue weighted by molar-refractivity contribution is 6.32. The highest BCUT2D eigenvalue weighted by Crippen LogP contribution is 2.29. The Labute approximate surface area is 205 Å². The molecule has 0 radical (unpaired) electrons. The molecule has 35 heavy (non-hydrogen) atoms. The summed E-state index contributed by atoms with van der Waals surface area (Å²) in [6, 6.07) is 12.2. The van der Waals surface area contributed by atoms with Crippen LogP contribution < -0.4 is 27.6 Å². The number of hydrogen-bond donors (Lipinski definition) is 1. The van der Waals surface area contributed by atoms with Crippen LogP contribution in [0, 0.1) is 11.8 Å². The van der Waals surface area contributed by atoms with Crippen LogP contribution >= 0.6 is 11.6 Å². The molecule has 0 aliphatic rings. The zero-order valence-corrected chi connectivity index (χ0v) is 20.2. The van der Waals surface area contributed by atoms with Gasteiger partial charge in [0.05, 0.1) is 29.8 Å². The normalized spacial score (nSPS) is 11.6. The first-order valence-electron chi connectivity index (χ1n) is 10.7. The van der Waals surface area contributed by atoms with Crippen molar-refractivity contribution in [3.05, 3.63) is 90.1 Å². The van der Waals surface area contributed by atoms with E-state index in [1.165, 1.54) is 10.6 Å². The average molecular weight is 501 g/mol. The van der Waals surface area contributed by atoms with Crippen LogP contribution in [0.4, 0.5) is 5.69 Å². The van der Waals surface area contributed by atoms with Crippen molar-refractivity contribution in [3.8, 4) is 5.75 Å². The lowest BCUT2D eigenvalue weighted by Gasteiger charge is -2.14. The van der Waals surface area contributed by atoms with Crippen LogP contribution in [0.15, 0.2) is 62.2 Å². The minimum atomic E-state index is -0.989. The molecular formula is C23H25ClN6O5. The molecule has 0 unspecified atom stereocenters. The second-order valence-corrected chi connectivity index (χ2v) is 8.49. The van der Waals surface area contributed by atoms with Gasteiger partial charge >= 0.3 is 11.4 Å². The third kappa shape index (κ3) is 6.12. The van der Waals surface area contributed by atoms with Crippen molar-refractivity contribution in [2.45, 2.75) is 46.4 Å². The van der Waals surface area contributed by atoms with Crippen LogP contribution in [0.1, 0.15) is 31.4 Å². The van der Waals surface area contributed by atoms with Gasteiger partial charge in [-0.3, -0.25) is 9.36 Å². The number of hydrogen-bond acceptors (Lipinski definition) is 7. The van der Waals surface area contributed by atoms with Crippen molar-refractivity contribution < 1.29 is 9.53 Å². The molecule has 0 bridgehead atoms. The smallest absolute Gasteiger partial charge is 0.353 e. The fraction of sp³-hybridized carbons (Fsp3) is 0.304. The average Bonchev–Trinajstić information content (AvgIpc) is 2.82. The molecule has 0 fully saturated rings. The van der Waals surface area contributed by atoms with E-state index >= 15 is 0 Å². The second kappa shape index (κ2) is 11.0. The number of nitrogen functional groups attached to an aromatic ring is 1. The predicted octanol–water partition coefficient (Wildman–Crippen LogP) is 2.24. The fourth-order valence-electron chi connectivity index (χ4n) is 3.26. The topological polar surface area (TPSA) is 143 Å². The quantitative estimate of drug-likeness (QED) is 0.371. The Morgan fingerprint density at radius 2 is 1.77 bits per heavy atom. The number of carbonyl (C=O) groups is 1. The number of benzene rings is 2. The molecule has 184 valence electrons. The van der Waals surface area contributed by atoms with Crippen molar-refractivity contribution in [1.29, 1.82) is 0 Å². The van der Waals surface area contributed by atoms with Gasteiger partial charge in [-0.2, -0.15) is 4.68 Å². The third-order valence-electron chi connectivity index (χ3n) is 4.98. The number of halogens is 1. The molecule has 0 atom stereocenters. The molecule has 1 heterocycles. The van der Waals surface area contributed by atoms with Crippen molar-refractivity contribution in [2.75, 3.05) is 5.84 Å². The number of rotatable bonds is 8. The molecule has 0 saturated heterocycles. The van der Waals surface area contributed by atoms with E-state index in [0.717, 1.165) is 15.7 Å². The van der Waals surface area contributed by atoms with Gasteiger partial charge in [-0.05, 0) is 44.5 Å². The van der Waals surface area contributed by atoms with Crippen LogP contribution in [-0.4, -0.2) is 25.8 Å². The summed E-state index contributed by atoms with van der Waals surface area (Å²) >= 11 is 6.31. The summed E-state index contributed by atoms with van der Waals surface area (Å²) in [6.45, 7) is 5.34. The first-order valence-corrected chi connectivity index (χ1v) is 11.1. The zero-order valence-electron chi connectivity index (χ0n) is 19.5. The van der Waals surface area contributed by atoms with Gasteiger partial charge in [0.15, 0.2) is 0 Å². The Balaban J connectivity index is 2.20. The van der Waals surface area contributed by atoms with Crippen molar-refractivity contribution in [1.82, 2.24) is 13.8 Å². The van der Waals surface area contributed by atoms with Crippen LogP contribution in [-0.2, 0) is 17.9 Å². The Morgan fingerprint density at radius 3 is 2.37 bits per heavy atom. The number of nitrogens with two attached hydrogens (primary N) is 1. The molecule has 1 amide bonds. The minimum absolute atomic E-state index is 0.0393. The first-order chi connectivity index (χ1) is 16.6. The van der Waals surface area contributed by atoms with Crippen LogP contribution in [0.25, 0.3) is 0 Å². The summed E-state index contributed by atoms with van der Waals surface area (Å²) in [5, 5.41) is 2.59. The molecule has 12 heteroatoms. The summed E-state index contributed by atoms with van der Waals surface area (Å²) in [4.78, 5) is 52.4. The first kappa shape index (κ1) is 25.6. The van der Waals surface area contributed by atoms with E-state index in [4.69, 9.17) is 22.2 Å².